The van der Waals surface area contributed by atoms with Gasteiger partial charge in [0, 0.05) is 18.6 Å². The van der Waals surface area contributed by atoms with Gasteiger partial charge >= 0.3 is 0 Å². The van der Waals surface area contributed by atoms with Crippen molar-refractivity contribution < 1.29 is 14.1 Å². The summed E-state index contributed by atoms with van der Waals surface area (Å²) in [5.41, 5.74) is 3.25. The Kier molecular flexibility index (Phi) is 5.56. The van der Waals surface area contributed by atoms with E-state index in [-0.39, 0.29) is 12.3 Å². The predicted octanol–water partition coefficient (Wildman–Crippen LogP) is 3.63. The molecule has 0 atom stereocenters. The van der Waals surface area contributed by atoms with Crippen LogP contribution in [0.5, 0.6) is 5.75 Å². The molecule has 3 heterocycles. The fourth-order valence-corrected chi connectivity index (χ4v) is 3.02. The molecule has 0 fully saturated rings. The quantitative estimate of drug-likeness (QED) is 0.506. The van der Waals surface area contributed by atoms with E-state index in [2.05, 4.69) is 20.6 Å². The third-order valence-corrected chi connectivity index (χ3v) is 4.63. The topological polar surface area (TPSA) is 95.1 Å². The zero-order valence-corrected chi connectivity index (χ0v) is 16.7. The Bertz CT molecular complexity index is 1110. The van der Waals surface area contributed by atoms with Gasteiger partial charge in [0.25, 0.3) is 0 Å². The van der Waals surface area contributed by atoms with Gasteiger partial charge in [0.1, 0.15) is 18.1 Å². The van der Waals surface area contributed by atoms with Crippen molar-refractivity contribution in [2.75, 3.05) is 5.32 Å². The van der Waals surface area contributed by atoms with Crippen LogP contribution in [0, 0.1) is 13.8 Å². The molecular formula is C22H21N5O3. The molecule has 1 amide bonds. The monoisotopic (exact) mass is 403 g/mol. The number of carbonyl (C=O) groups is 1. The van der Waals surface area contributed by atoms with Crippen LogP contribution in [0.15, 0.2) is 65.6 Å². The van der Waals surface area contributed by atoms with Gasteiger partial charge in [-0.2, -0.15) is 5.10 Å². The lowest BCUT2D eigenvalue weighted by molar-refractivity contribution is -0.115. The van der Waals surface area contributed by atoms with E-state index < -0.39 is 0 Å². The van der Waals surface area contributed by atoms with Gasteiger partial charge in [-0.1, -0.05) is 17.3 Å². The predicted molar refractivity (Wildman–Crippen MR) is 110 cm³/mol. The number of hydrogen-bond donors (Lipinski definition) is 1. The Hall–Kier alpha value is -3.94. The van der Waals surface area contributed by atoms with Crippen LogP contribution in [0.3, 0.4) is 0 Å². The van der Waals surface area contributed by atoms with Crippen LogP contribution in [0.25, 0.3) is 5.82 Å². The van der Waals surface area contributed by atoms with E-state index in [0.717, 1.165) is 22.6 Å². The molecule has 0 saturated heterocycles. The molecule has 30 heavy (non-hydrogen) atoms. The van der Waals surface area contributed by atoms with Gasteiger partial charge in [-0.25, -0.2) is 9.67 Å². The number of pyridine rings is 1. The largest absolute Gasteiger partial charge is 0.489 e. The Balaban J connectivity index is 1.37. The number of rotatable bonds is 7. The van der Waals surface area contributed by atoms with Crippen LogP contribution in [0.1, 0.15) is 22.6 Å². The van der Waals surface area contributed by atoms with E-state index in [9.17, 15) is 4.79 Å². The SMILES string of the molecule is Cc1noc(C)c1COc1ccc(CC(=O)Nc2cccnc2-n2cccn2)cc1. The van der Waals surface area contributed by atoms with Crippen LogP contribution in [-0.4, -0.2) is 25.8 Å². The maximum atomic E-state index is 12.5. The molecule has 0 aliphatic rings. The molecule has 1 aromatic carbocycles. The van der Waals surface area contributed by atoms with Crippen LogP contribution < -0.4 is 10.1 Å². The highest BCUT2D eigenvalue weighted by Gasteiger charge is 2.12. The van der Waals surface area contributed by atoms with E-state index in [1.54, 1.807) is 41.5 Å². The zero-order valence-electron chi connectivity index (χ0n) is 16.7. The number of benzene rings is 1. The minimum absolute atomic E-state index is 0.138. The lowest BCUT2D eigenvalue weighted by Crippen LogP contribution is -2.16. The summed E-state index contributed by atoms with van der Waals surface area (Å²) in [7, 11) is 0. The maximum absolute atomic E-state index is 12.5. The molecule has 0 saturated carbocycles. The van der Waals surface area contributed by atoms with Crippen molar-refractivity contribution in [1.29, 1.82) is 0 Å². The van der Waals surface area contributed by atoms with Crippen LogP contribution in [-0.2, 0) is 17.8 Å². The number of anilines is 1. The first kappa shape index (κ1) is 19.4. The van der Waals surface area contributed by atoms with E-state index in [4.69, 9.17) is 9.26 Å². The van der Waals surface area contributed by atoms with Gasteiger partial charge in [0.05, 0.1) is 23.4 Å². The Morgan fingerprint density at radius 2 is 1.97 bits per heavy atom. The number of amides is 1. The number of ether oxygens (including phenoxy) is 1. The van der Waals surface area contributed by atoms with Crippen LogP contribution in [0.2, 0.25) is 0 Å². The molecule has 0 radical (unpaired) electrons. The normalized spacial score (nSPS) is 10.7. The fourth-order valence-electron chi connectivity index (χ4n) is 3.02. The molecule has 0 bridgehead atoms. The third kappa shape index (κ3) is 4.38. The summed E-state index contributed by atoms with van der Waals surface area (Å²) in [6, 6.07) is 12.8. The Labute approximate surface area is 173 Å². The Morgan fingerprint density at radius 1 is 1.13 bits per heavy atom. The Morgan fingerprint density at radius 3 is 2.67 bits per heavy atom. The standard InChI is InChI=1S/C22H21N5O3/c1-15-19(16(2)30-26-15)14-29-18-8-6-17(7-9-18)13-21(28)25-20-5-3-10-23-22(20)27-12-4-11-24-27/h3-12H,13-14H2,1-2H3,(H,25,28). The highest BCUT2D eigenvalue weighted by molar-refractivity contribution is 5.93. The van der Waals surface area contributed by atoms with Gasteiger partial charge in [-0.05, 0) is 49.7 Å². The summed E-state index contributed by atoms with van der Waals surface area (Å²) in [5.74, 6) is 1.90. The van der Waals surface area contributed by atoms with Gasteiger partial charge < -0.3 is 14.6 Å². The van der Waals surface area contributed by atoms with Gasteiger partial charge in [-0.3, -0.25) is 4.79 Å². The zero-order chi connectivity index (χ0) is 20.9. The average molecular weight is 403 g/mol. The van der Waals surface area contributed by atoms with Crippen molar-refractivity contribution in [2.45, 2.75) is 26.9 Å². The summed E-state index contributed by atoms with van der Waals surface area (Å²) < 4.78 is 12.6. The van der Waals surface area contributed by atoms with Crippen molar-refractivity contribution in [3.63, 3.8) is 0 Å². The molecule has 3 aromatic heterocycles. The van der Waals surface area contributed by atoms with E-state index in [1.165, 1.54) is 0 Å². The number of aromatic nitrogens is 4. The number of nitrogens with one attached hydrogen (secondary N) is 1. The molecule has 152 valence electrons. The lowest BCUT2D eigenvalue weighted by Gasteiger charge is -2.10. The minimum Gasteiger partial charge on any atom is -0.489 e. The minimum atomic E-state index is -0.138. The van der Waals surface area contributed by atoms with Crippen molar-refractivity contribution in [3.8, 4) is 11.6 Å². The van der Waals surface area contributed by atoms with E-state index in [0.29, 0.717) is 23.9 Å². The molecule has 0 aliphatic heterocycles. The summed E-state index contributed by atoms with van der Waals surface area (Å²) in [6.45, 7) is 4.13. The molecule has 0 aliphatic carbocycles. The number of aryl methyl sites for hydroxylation is 2. The summed E-state index contributed by atoms with van der Waals surface area (Å²) in [4.78, 5) is 16.8. The molecule has 8 nitrogen and oxygen atoms in total. The molecule has 8 heteroatoms. The van der Waals surface area contributed by atoms with Crippen molar-refractivity contribution in [3.05, 3.63) is 83.6 Å². The number of hydrogen-bond acceptors (Lipinski definition) is 6. The third-order valence-electron chi connectivity index (χ3n) is 4.63. The first-order chi connectivity index (χ1) is 14.6. The smallest absolute Gasteiger partial charge is 0.228 e. The maximum Gasteiger partial charge on any atom is 0.228 e. The number of nitrogens with zero attached hydrogens (tertiary/aromatic N) is 4. The molecule has 1 N–H and O–H groups in total. The van der Waals surface area contributed by atoms with Crippen molar-refractivity contribution in [2.24, 2.45) is 0 Å². The van der Waals surface area contributed by atoms with Crippen LogP contribution in [0.4, 0.5) is 5.69 Å². The van der Waals surface area contributed by atoms with E-state index in [1.807, 2.05) is 38.1 Å². The first-order valence-electron chi connectivity index (χ1n) is 9.48. The molecular weight excluding hydrogens is 382 g/mol. The molecule has 4 aromatic rings. The second kappa shape index (κ2) is 8.60. The number of carbonyl (C=O) groups excluding carboxylic acids is 1. The van der Waals surface area contributed by atoms with Gasteiger partial charge in [-0.15, -0.1) is 0 Å². The average Bonchev–Trinajstić information content (AvgIpc) is 3.38. The highest BCUT2D eigenvalue weighted by atomic mass is 16.5. The van der Waals surface area contributed by atoms with Crippen LogP contribution >= 0.6 is 0 Å². The van der Waals surface area contributed by atoms with Crippen molar-refractivity contribution in [1.82, 2.24) is 19.9 Å². The van der Waals surface area contributed by atoms with Crippen molar-refractivity contribution >= 4 is 11.6 Å². The van der Waals surface area contributed by atoms with Gasteiger partial charge in [0.2, 0.25) is 5.91 Å². The molecule has 4 rings (SSSR count). The molecule has 0 spiro atoms. The molecule has 0 unspecified atom stereocenters. The second-order valence-corrected chi connectivity index (χ2v) is 6.79. The van der Waals surface area contributed by atoms with Gasteiger partial charge in [0.15, 0.2) is 5.82 Å². The summed E-state index contributed by atoms with van der Waals surface area (Å²) >= 11 is 0. The van der Waals surface area contributed by atoms with E-state index >= 15 is 0 Å². The fraction of sp³-hybridized carbons (Fsp3) is 0.182. The highest BCUT2D eigenvalue weighted by Crippen LogP contribution is 2.19. The summed E-state index contributed by atoms with van der Waals surface area (Å²) in [6.07, 6.45) is 5.33. The summed E-state index contributed by atoms with van der Waals surface area (Å²) in [5, 5.41) is 11.0. The lowest BCUT2D eigenvalue weighted by atomic mass is 10.1. The second-order valence-electron chi connectivity index (χ2n) is 6.79. The first-order valence-corrected chi connectivity index (χ1v) is 9.48.